The second-order valence-electron chi connectivity index (χ2n) is 5.39. The molecule has 0 saturated carbocycles. The summed E-state index contributed by atoms with van der Waals surface area (Å²) in [4.78, 5) is 4.79. The van der Waals surface area contributed by atoms with Crippen LogP contribution in [0.1, 0.15) is 42.6 Å². The van der Waals surface area contributed by atoms with Crippen molar-refractivity contribution in [1.29, 1.82) is 0 Å². The fourth-order valence-electron chi connectivity index (χ4n) is 2.31. The van der Waals surface area contributed by atoms with Crippen LogP contribution in [0.2, 0.25) is 0 Å². The van der Waals surface area contributed by atoms with E-state index in [9.17, 15) is 0 Å². The molecule has 0 aliphatic rings. The SMILES string of the molecule is CCC(C)(OC)c1nc(CC(NC)c2ccccc2)cs1. The van der Waals surface area contributed by atoms with E-state index in [0.717, 1.165) is 23.5 Å². The molecule has 21 heavy (non-hydrogen) atoms. The second kappa shape index (κ2) is 7.16. The predicted octanol–water partition coefficient (Wildman–Crippen LogP) is 3.92. The molecule has 0 radical (unpaired) electrons. The Morgan fingerprint density at radius 2 is 2.05 bits per heavy atom. The molecule has 0 aliphatic heterocycles. The second-order valence-corrected chi connectivity index (χ2v) is 6.25. The van der Waals surface area contributed by atoms with Crippen LogP contribution in [0.4, 0.5) is 0 Å². The highest BCUT2D eigenvalue weighted by atomic mass is 32.1. The Bertz CT molecular complexity index is 549. The van der Waals surface area contributed by atoms with Crippen molar-refractivity contribution in [3.05, 3.63) is 52.0 Å². The number of nitrogens with one attached hydrogen (secondary N) is 1. The molecular formula is C17H24N2OS. The predicted molar refractivity (Wildman–Crippen MR) is 88.7 cm³/mol. The number of methoxy groups -OCH3 is 1. The van der Waals surface area contributed by atoms with Gasteiger partial charge in [0.05, 0.1) is 5.69 Å². The van der Waals surface area contributed by atoms with Crippen molar-refractivity contribution in [2.45, 2.75) is 38.3 Å². The van der Waals surface area contributed by atoms with Gasteiger partial charge in [-0.2, -0.15) is 0 Å². The van der Waals surface area contributed by atoms with Crippen molar-refractivity contribution in [2.75, 3.05) is 14.2 Å². The fourth-order valence-corrected chi connectivity index (χ4v) is 3.35. The lowest BCUT2D eigenvalue weighted by Crippen LogP contribution is -2.23. The van der Waals surface area contributed by atoms with Gasteiger partial charge in [0.2, 0.25) is 0 Å². The first-order valence-electron chi connectivity index (χ1n) is 7.35. The van der Waals surface area contributed by atoms with Crippen molar-refractivity contribution in [3.8, 4) is 0 Å². The summed E-state index contributed by atoms with van der Waals surface area (Å²) in [6.07, 6.45) is 1.81. The Kier molecular flexibility index (Phi) is 5.51. The third-order valence-corrected chi connectivity index (χ3v) is 5.23. The summed E-state index contributed by atoms with van der Waals surface area (Å²) in [5, 5.41) is 6.59. The van der Waals surface area contributed by atoms with Crippen LogP contribution < -0.4 is 5.32 Å². The van der Waals surface area contributed by atoms with Gasteiger partial charge in [-0.15, -0.1) is 11.3 Å². The van der Waals surface area contributed by atoms with Gasteiger partial charge in [0.15, 0.2) is 0 Å². The van der Waals surface area contributed by atoms with E-state index in [4.69, 9.17) is 9.72 Å². The van der Waals surface area contributed by atoms with E-state index in [-0.39, 0.29) is 11.6 Å². The third-order valence-electron chi connectivity index (χ3n) is 4.09. The summed E-state index contributed by atoms with van der Waals surface area (Å²) in [5.41, 5.74) is 2.14. The molecule has 0 saturated heterocycles. The van der Waals surface area contributed by atoms with Crippen molar-refractivity contribution in [3.63, 3.8) is 0 Å². The molecule has 2 unspecified atom stereocenters. The number of aromatic nitrogens is 1. The van der Waals surface area contributed by atoms with Gasteiger partial charge in [-0.3, -0.25) is 0 Å². The first-order valence-corrected chi connectivity index (χ1v) is 8.23. The molecule has 0 spiro atoms. The summed E-state index contributed by atoms with van der Waals surface area (Å²) < 4.78 is 5.63. The molecule has 2 rings (SSSR count). The molecule has 1 heterocycles. The molecule has 114 valence electrons. The van der Waals surface area contributed by atoms with Crippen LogP contribution in [-0.2, 0) is 16.8 Å². The van der Waals surface area contributed by atoms with Gasteiger partial charge < -0.3 is 10.1 Å². The Labute approximate surface area is 131 Å². The van der Waals surface area contributed by atoms with E-state index in [0.29, 0.717) is 0 Å². The number of hydrogen-bond acceptors (Lipinski definition) is 4. The molecular weight excluding hydrogens is 280 g/mol. The summed E-state index contributed by atoms with van der Waals surface area (Å²) in [6, 6.07) is 10.8. The van der Waals surface area contributed by atoms with Crippen LogP contribution in [0, 0.1) is 0 Å². The summed E-state index contributed by atoms with van der Waals surface area (Å²) in [6.45, 7) is 4.23. The number of likely N-dealkylation sites (N-methyl/N-ethyl adjacent to an activating group) is 1. The zero-order valence-corrected chi connectivity index (χ0v) is 14.0. The average molecular weight is 304 g/mol. The third kappa shape index (κ3) is 3.70. The molecule has 3 nitrogen and oxygen atoms in total. The largest absolute Gasteiger partial charge is 0.371 e. The molecule has 0 aliphatic carbocycles. The van der Waals surface area contributed by atoms with Gasteiger partial charge in [-0.25, -0.2) is 4.98 Å². The number of thiazole rings is 1. The van der Waals surface area contributed by atoms with E-state index < -0.39 is 0 Å². The maximum absolute atomic E-state index is 5.63. The van der Waals surface area contributed by atoms with Crippen molar-refractivity contribution >= 4 is 11.3 Å². The molecule has 2 aromatic rings. The van der Waals surface area contributed by atoms with E-state index in [1.807, 2.05) is 13.1 Å². The molecule has 4 heteroatoms. The normalized spacial score (nSPS) is 15.6. The Hall–Kier alpha value is -1.23. The first-order chi connectivity index (χ1) is 10.1. The number of nitrogens with zero attached hydrogens (tertiary/aromatic N) is 1. The highest BCUT2D eigenvalue weighted by Gasteiger charge is 2.27. The summed E-state index contributed by atoms with van der Waals surface area (Å²) >= 11 is 1.69. The van der Waals surface area contributed by atoms with Gasteiger partial charge >= 0.3 is 0 Å². The Balaban J connectivity index is 2.15. The van der Waals surface area contributed by atoms with Gasteiger partial charge in [-0.05, 0) is 26.0 Å². The van der Waals surface area contributed by atoms with Crippen LogP contribution in [0.15, 0.2) is 35.7 Å². The molecule has 0 amide bonds. The monoisotopic (exact) mass is 304 g/mol. The molecule has 1 N–H and O–H groups in total. The minimum absolute atomic E-state index is 0.273. The Morgan fingerprint density at radius 3 is 2.62 bits per heavy atom. The summed E-state index contributed by atoms with van der Waals surface area (Å²) in [5.74, 6) is 0. The maximum Gasteiger partial charge on any atom is 0.125 e. The van der Waals surface area contributed by atoms with Gasteiger partial charge in [0.25, 0.3) is 0 Å². The zero-order chi connectivity index (χ0) is 15.3. The number of ether oxygens (including phenoxy) is 1. The van der Waals surface area contributed by atoms with Crippen LogP contribution in [0.3, 0.4) is 0 Å². The maximum atomic E-state index is 5.63. The fraction of sp³-hybridized carbons (Fsp3) is 0.471. The van der Waals surface area contributed by atoms with Crippen molar-refractivity contribution in [2.24, 2.45) is 0 Å². The minimum atomic E-state index is -0.273. The smallest absolute Gasteiger partial charge is 0.125 e. The van der Waals surface area contributed by atoms with Crippen LogP contribution in [0.25, 0.3) is 0 Å². The first kappa shape index (κ1) is 16.1. The standard InChI is InChI=1S/C17H24N2OS/c1-5-17(2,20-4)16-19-14(12-21-16)11-15(18-3)13-9-7-6-8-10-13/h6-10,12,15,18H,5,11H2,1-4H3. The molecule has 1 aromatic carbocycles. The van der Waals surface area contributed by atoms with Crippen molar-refractivity contribution in [1.82, 2.24) is 10.3 Å². The minimum Gasteiger partial charge on any atom is -0.371 e. The summed E-state index contributed by atoms with van der Waals surface area (Å²) in [7, 11) is 3.75. The van der Waals surface area contributed by atoms with Crippen LogP contribution >= 0.6 is 11.3 Å². The number of benzene rings is 1. The lowest BCUT2D eigenvalue weighted by atomic mass is 10.0. The van der Waals surface area contributed by atoms with E-state index in [1.54, 1.807) is 18.4 Å². The topological polar surface area (TPSA) is 34.1 Å². The lowest BCUT2D eigenvalue weighted by Gasteiger charge is -2.23. The number of rotatable bonds is 7. The zero-order valence-electron chi connectivity index (χ0n) is 13.2. The van der Waals surface area contributed by atoms with Crippen LogP contribution in [-0.4, -0.2) is 19.1 Å². The van der Waals surface area contributed by atoms with E-state index in [1.165, 1.54) is 5.56 Å². The quantitative estimate of drug-likeness (QED) is 0.842. The highest BCUT2D eigenvalue weighted by molar-refractivity contribution is 7.09. The van der Waals surface area contributed by atoms with Gasteiger partial charge in [0, 0.05) is 25.0 Å². The van der Waals surface area contributed by atoms with Crippen molar-refractivity contribution < 1.29 is 4.74 Å². The van der Waals surface area contributed by atoms with E-state index >= 15 is 0 Å². The molecule has 2 atom stereocenters. The van der Waals surface area contributed by atoms with Gasteiger partial charge in [0.1, 0.15) is 10.6 Å². The molecule has 0 bridgehead atoms. The van der Waals surface area contributed by atoms with Gasteiger partial charge in [-0.1, -0.05) is 37.3 Å². The highest BCUT2D eigenvalue weighted by Crippen LogP contribution is 2.31. The average Bonchev–Trinajstić information content (AvgIpc) is 3.02. The molecule has 1 aromatic heterocycles. The number of hydrogen-bond donors (Lipinski definition) is 1. The molecule has 0 fully saturated rings. The van der Waals surface area contributed by atoms with E-state index in [2.05, 4.69) is 48.8 Å². The Morgan fingerprint density at radius 1 is 1.33 bits per heavy atom. The van der Waals surface area contributed by atoms with Crippen LogP contribution in [0.5, 0.6) is 0 Å². The lowest BCUT2D eigenvalue weighted by molar-refractivity contribution is -0.00167.